The first-order chi connectivity index (χ1) is 11.8. The second-order valence-corrected chi connectivity index (χ2v) is 6.44. The molecule has 25 heavy (non-hydrogen) atoms. The van der Waals surface area contributed by atoms with Crippen molar-refractivity contribution in [2.45, 2.75) is 12.2 Å². The fourth-order valence-corrected chi connectivity index (χ4v) is 2.81. The van der Waals surface area contributed by atoms with Gasteiger partial charge in [0.05, 0.1) is 17.3 Å². The average molecular weight is 415 g/mol. The number of para-hydroxylation sites is 1. The number of hydrogen-bond acceptors (Lipinski definition) is 3. The minimum atomic E-state index is -4.40. The number of benzene rings is 1. The van der Waals surface area contributed by atoms with E-state index in [0.29, 0.717) is 18.8 Å². The van der Waals surface area contributed by atoms with Gasteiger partial charge in [-0.25, -0.2) is 9.78 Å². The number of aromatic nitrogens is 1. The Morgan fingerprint density at radius 1 is 1.24 bits per heavy atom. The molecule has 0 atom stereocenters. The molecule has 1 fully saturated rings. The number of rotatable bonds is 3. The molecule has 1 saturated heterocycles. The normalized spacial score (nSPS) is 14.8. The molecule has 2 heterocycles. The fourth-order valence-electron chi connectivity index (χ4n) is 2.43. The van der Waals surface area contributed by atoms with Gasteiger partial charge in [-0.1, -0.05) is 12.1 Å². The largest absolute Gasteiger partial charge is 0.416 e. The Labute approximate surface area is 150 Å². The highest BCUT2D eigenvalue weighted by Gasteiger charge is 2.33. The first kappa shape index (κ1) is 17.5. The van der Waals surface area contributed by atoms with Crippen molar-refractivity contribution in [3.8, 4) is 0 Å². The Balaban J connectivity index is 1.53. The molecular formula is C16H14BrF3N4O. The topological polar surface area (TPSA) is 57.3 Å². The summed E-state index contributed by atoms with van der Waals surface area (Å²) in [5.41, 5.74) is -0.101. The first-order valence-electron chi connectivity index (χ1n) is 7.43. The summed E-state index contributed by atoms with van der Waals surface area (Å²) in [6.07, 6.45) is -3.26. The molecule has 1 aliphatic rings. The van der Waals surface area contributed by atoms with Crippen LogP contribution in [-0.4, -0.2) is 30.1 Å². The van der Waals surface area contributed by atoms with Gasteiger partial charge in [-0.2, -0.15) is 13.2 Å². The predicted octanol–water partition coefficient (Wildman–Crippen LogP) is 3.87. The summed E-state index contributed by atoms with van der Waals surface area (Å²) >= 11 is 3.33. The standard InChI is InChI=1S/C16H14BrF3N4O/c17-12-3-1-2-4-13(12)23-15(25)22-11-8-24(9-11)14-7-10(5-6-21-14)16(18,19)20/h1-7,11H,8-9H2,(H2,22,23,25). The van der Waals surface area contributed by atoms with Crippen LogP contribution in [0, 0.1) is 0 Å². The number of hydrogen-bond donors (Lipinski definition) is 2. The molecular weight excluding hydrogens is 401 g/mol. The predicted molar refractivity (Wildman–Crippen MR) is 91.5 cm³/mol. The number of carbonyl (C=O) groups excluding carboxylic acids is 1. The molecule has 2 amide bonds. The van der Waals surface area contributed by atoms with Crippen molar-refractivity contribution < 1.29 is 18.0 Å². The summed E-state index contributed by atoms with van der Waals surface area (Å²) in [7, 11) is 0. The van der Waals surface area contributed by atoms with Crippen LogP contribution in [0.15, 0.2) is 47.1 Å². The van der Waals surface area contributed by atoms with Gasteiger partial charge >= 0.3 is 12.2 Å². The molecule has 5 nitrogen and oxygen atoms in total. The highest BCUT2D eigenvalue weighted by molar-refractivity contribution is 9.10. The van der Waals surface area contributed by atoms with Gasteiger partial charge in [-0.15, -0.1) is 0 Å². The van der Waals surface area contributed by atoms with Crippen molar-refractivity contribution in [2.24, 2.45) is 0 Å². The van der Waals surface area contributed by atoms with Crippen molar-refractivity contribution in [3.05, 3.63) is 52.6 Å². The van der Waals surface area contributed by atoms with Crippen LogP contribution in [0.5, 0.6) is 0 Å². The zero-order chi connectivity index (χ0) is 18.0. The van der Waals surface area contributed by atoms with Gasteiger partial charge < -0.3 is 15.5 Å². The highest BCUT2D eigenvalue weighted by atomic mass is 79.9. The van der Waals surface area contributed by atoms with E-state index in [1.807, 2.05) is 6.07 Å². The van der Waals surface area contributed by atoms with Gasteiger partial charge in [-0.05, 0) is 40.2 Å². The molecule has 0 bridgehead atoms. The summed E-state index contributed by atoms with van der Waals surface area (Å²) < 4.78 is 38.9. The Bertz CT molecular complexity index is 778. The zero-order valence-electron chi connectivity index (χ0n) is 12.8. The summed E-state index contributed by atoms with van der Waals surface area (Å²) in [4.78, 5) is 17.6. The van der Waals surface area contributed by atoms with E-state index in [9.17, 15) is 18.0 Å². The van der Waals surface area contributed by atoms with E-state index >= 15 is 0 Å². The van der Waals surface area contributed by atoms with E-state index in [4.69, 9.17) is 0 Å². The van der Waals surface area contributed by atoms with E-state index in [2.05, 4.69) is 31.5 Å². The van der Waals surface area contributed by atoms with E-state index in [0.717, 1.165) is 22.8 Å². The Morgan fingerprint density at radius 2 is 1.96 bits per heavy atom. The third-order valence-corrected chi connectivity index (χ3v) is 4.43. The summed E-state index contributed by atoms with van der Waals surface area (Å²) in [6.45, 7) is 0.801. The number of amides is 2. The lowest BCUT2D eigenvalue weighted by atomic mass is 10.1. The van der Waals surface area contributed by atoms with E-state index < -0.39 is 11.7 Å². The Hall–Kier alpha value is -2.29. The van der Waals surface area contributed by atoms with Crippen molar-refractivity contribution in [1.29, 1.82) is 0 Å². The molecule has 9 heteroatoms. The molecule has 0 saturated carbocycles. The van der Waals surface area contributed by atoms with Gasteiger partial charge in [0.1, 0.15) is 5.82 Å². The van der Waals surface area contributed by atoms with Crippen molar-refractivity contribution in [3.63, 3.8) is 0 Å². The third-order valence-electron chi connectivity index (χ3n) is 3.74. The number of urea groups is 1. The van der Waals surface area contributed by atoms with Crippen LogP contribution in [0.1, 0.15) is 5.56 Å². The molecule has 132 valence electrons. The van der Waals surface area contributed by atoms with Crippen LogP contribution in [0.3, 0.4) is 0 Å². The van der Waals surface area contributed by atoms with E-state index in [-0.39, 0.29) is 17.9 Å². The van der Waals surface area contributed by atoms with Crippen LogP contribution < -0.4 is 15.5 Å². The number of alkyl halides is 3. The van der Waals surface area contributed by atoms with Crippen LogP contribution in [-0.2, 0) is 6.18 Å². The van der Waals surface area contributed by atoms with Crippen molar-refractivity contribution >= 4 is 33.5 Å². The molecule has 0 aliphatic carbocycles. The number of pyridine rings is 1. The van der Waals surface area contributed by atoms with Crippen LogP contribution >= 0.6 is 15.9 Å². The fraction of sp³-hybridized carbons (Fsp3) is 0.250. The maximum Gasteiger partial charge on any atom is 0.416 e. The van der Waals surface area contributed by atoms with Crippen LogP contribution in [0.4, 0.5) is 29.5 Å². The monoisotopic (exact) mass is 414 g/mol. The maximum absolute atomic E-state index is 12.7. The van der Waals surface area contributed by atoms with E-state index in [1.54, 1.807) is 23.1 Å². The molecule has 2 aromatic rings. The second-order valence-electron chi connectivity index (χ2n) is 5.58. The molecule has 0 unspecified atom stereocenters. The number of halogens is 4. The SMILES string of the molecule is O=C(Nc1ccccc1Br)NC1CN(c2cc(C(F)(F)F)ccn2)C1. The lowest BCUT2D eigenvalue weighted by Crippen LogP contribution is -2.60. The van der Waals surface area contributed by atoms with Crippen molar-refractivity contribution in [1.82, 2.24) is 10.3 Å². The average Bonchev–Trinajstić information content (AvgIpc) is 2.52. The lowest BCUT2D eigenvalue weighted by Gasteiger charge is -2.40. The van der Waals surface area contributed by atoms with Gasteiger partial charge in [0.2, 0.25) is 0 Å². The zero-order valence-corrected chi connectivity index (χ0v) is 14.4. The highest BCUT2D eigenvalue weighted by Crippen LogP contribution is 2.31. The number of anilines is 2. The molecule has 0 spiro atoms. The molecule has 0 radical (unpaired) electrons. The minimum absolute atomic E-state index is 0.154. The maximum atomic E-state index is 12.7. The van der Waals surface area contributed by atoms with Gasteiger partial charge in [0.15, 0.2) is 0 Å². The number of nitrogens with one attached hydrogen (secondary N) is 2. The second kappa shape index (κ2) is 6.91. The van der Waals surface area contributed by atoms with Gasteiger partial charge in [0, 0.05) is 23.8 Å². The first-order valence-corrected chi connectivity index (χ1v) is 8.22. The molecule has 1 aromatic carbocycles. The van der Waals surface area contributed by atoms with E-state index in [1.165, 1.54) is 0 Å². The number of nitrogens with zero attached hydrogens (tertiary/aromatic N) is 2. The summed E-state index contributed by atoms with van der Waals surface area (Å²) in [5.74, 6) is 0.249. The molecule has 2 N–H and O–H groups in total. The van der Waals surface area contributed by atoms with Crippen LogP contribution in [0.2, 0.25) is 0 Å². The Kier molecular flexibility index (Phi) is 4.85. The summed E-state index contributed by atoms with van der Waals surface area (Å²) in [5, 5.41) is 5.49. The summed E-state index contributed by atoms with van der Waals surface area (Å²) in [6, 6.07) is 8.61. The molecule has 1 aromatic heterocycles. The van der Waals surface area contributed by atoms with Gasteiger partial charge in [-0.3, -0.25) is 0 Å². The van der Waals surface area contributed by atoms with Crippen LogP contribution in [0.25, 0.3) is 0 Å². The molecule has 3 rings (SSSR count). The number of carbonyl (C=O) groups is 1. The lowest BCUT2D eigenvalue weighted by molar-refractivity contribution is -0.137. The van der Waals surface area contributed by atoms with Crippen molar-refractivity contribution in [2.75, 3.05) is 23.3 Å². The quantitative estimate of drug-likeness (QED) is 0.801. The molecule has 1 aliphatic heterocycles. The minimum Gasteiger partial charge on any atom is -0.352 e. The van der Waals surface area contributed by atoms with Gasteiger partial charge in [0.25, 0.3) is 0 Å². The Morgan fingerprint density at radius 3 is 2.64 bits per heavy atom. The smallest absolute Gasteiger partial charge is 0.352 e. The third kappa shape index (κ3) is 4.22.